The first-order chi connectivity index (χ1) is 8.90. The lowest BCUT2D eigenvalue weighted by Gasteiger charge is -2.04. The Bertz CT molecular complexity index is 763. The molecule has 100 valence electrons. The van der Waals surface area contributed by atoms with Gasteiger partial charge < -0.3 is 0 Å². The Morgan fingerprint density at radius 2 is 2.16 bits per heavy atom. The van der Waals surface area contributed by atoms with Crippen molar-refractivity contribution >= 4 is 28.6 Å². The van der Waals surface area contributed by atoms with E-state index in [1.807, 2.05) is 0 Å². The molecule has 0 atom stereocenters. The van der Waals surface area contributed by atoms with Gasteiger partial charge in [0.1, 0.15) is 5.01 Å². The van der Waals surface area contributed by atoms with E-state index in [0.717, 1.165) is 26.7 Å². The normalized spacial score (nSPS) is 10.6. The number of halogens is 1. The Balaban J connectivity index is 2.59. The minimum Gasteiger partial charge on any atom is -0.297 e. The standard InChI is InChI=1S/C8H6ClN5O4S/c1-12-2-4(14(17)18)6(15)13(8(12)16)3-5-10-11-7(9)19-5/h2H,3H2,1H3. The molecule has 0 saturated carbocycles. The van der Waals surface area contributed by atoms with Crippen molar-refractivity contribution in [2.24, 2.45) is 7.05 Å². The highest BCUT2D eigenvalue weighted by Crippen LogP contribution is 2.15. The van der Waals surface area contributed by atoms with Crippen LogP contribution in [0.3, 0.4) is 0 Å². The summed E-state index contributed by atoms with van der Waals surface area (Å²) in [4.78, 5) is 33.5. The van der Waals surface area contributed by atoms with Crippen LogP contribution in [0.2, 0.25) is 4.47 Å². The average Bonchev–Trinajstić information content (AvgIpc) is 2.74. The molecule has 2 aromatic rings. The minimum atomic E-state index is -0.987. The van der Waals surface area contributed by atoms with Gasteiger partial charge in [-0.05, 0) is 11.6 Å². The van der Waals surface area contributed by atoms with E-state index in [4.69, 9.17) is 11.6 Å². The van der Waals surface area contributed by atoms with Gasteiger partial charge in [0.05, 0.1) is 17.7 Å². The van der Waals surface area contributed by atoms with Gasteiger partial charge in [-0.15, -0.1) is 10.2 Å². The van der Waals surface area contributed by atoms with Crippen molar-refractivity contribution in [3.8, 4) is 0 Å². The Morgan fingerprint density at radius 1 is 1.47 bits per heavy atom. The van der Waals surface area contributed by atoms with Gasteiger partial charge in [0.15, 0.2) is 0 Å². The summed E-state index contributed by atoms with van der Waals surface area (Å²) in [5.74, 6) is 0. The molecule has 0 aromatic carbocycles. The van der Waals surface area contributed by atoms with Crippen LogP contribution in [-0.4, -0.2) is 24.3 Å². The molecule has 0 fully saturated rings. The number of hydrogen-bond donors (Lipinski definition) is 0. The van der Waals surface area contributed by atoms with Crippen molar-refractivity contribution in [3.05, 3.63) is 46.6 Å². The van der Waals surface area contributed by atoms with Crippen LogP contribution in [-0.2, 0) is 13.6 Å². The number of nitro groups is 1. The van der Waals surface area contributed by atoms with Crippen LogP contribution in [0.1, 0.15) is 5.01 Å². The fourth-order valence-electron chi connectivity index (χ4n) is 1.41. The summed E-state index contributed by atoms with van der Waals surface area (Å²) in [5, 5.41) is 18.2. The van der Waals surface area contributed by atoms with Crippen molar-refractivity contribution in [2.45, 2.75) is 6.54 Å². The van der Waals surface area contributed by atoms with Gasteiger partial charge in [0.2, 0.25) is 4.47 Å². The van der Waals surface area contributed by atoms with Crippen LogP contribution in [0.4, 0.5) is 5.69 Å². The molecular weight excluding hydrogens is 298 g/mol. The second-order valence-corrected chi connectivity index (χ2v) is 5.15. The highest BCUT2D eigenvalue weighted by Gasteiger charge is 2.19. The van der Waals surface area contributed by atoms with E-state index in [9.17, 15) is 19.7 Å². The van der Waals surface area contributed by atoms with E-state index in [0.29, 0.717) is 5.01 Å². The summed E-state index contributed by atoms with van der Waals surface area (Å²) in [7, 11) is 1.32. The molecule has 0 radical (unpaired) electrons. The van der Waals surface area contributed by atoms with Crippen molar-refractivity contribution in [2.75, 3.05) is 0 Å². The Kier molecular flexibility index (Phi) is 3.44. The third-order valence-electron chi connectivity index (χ3n) is 2.25. The first-order valence-corrected chi connectivity index (χ1v) is 6.02. The molecule has 2 rings (SSSR count). The molecule has 19 heavy (non-hydrogen) atoms. The first-order valence-electron chi connectivity index (χ1n) is 4.83. The monoisotopic (exact) mass is 303 g/mol. The number of aryl methyl sites for hydroxylation is 1. The van der Waals surface area contributed by atoms with Crippen molar-refractivity contribution in [1.82, 2.24) is 19.3 Å². The second kappa shape index (κ2) is 4.90. The van der Waals surface area contributed by atoms with Gasteiger partial charge in [0, 0.05) is 7.05 Å². The maximum absolute atomic E-state index is 11.8. The van der Waals surface area contributed by atoms with Crippen molar-refractivity contribution in [1.29, 1.82) is 0 Å². The van der Waals surface area contributed by atoms with Crippen LogP contribution < -0.4 is 11.2 Å². The van der Waals surface area contributed by atoms with Gasteiger partial charge in [-0.3, -0.25) is 19.5 Å². The molecule has 0 amide bonds. The predicted molar refractivity (Wildman–Crippen MR) is 66.6 cm³/mol. The summed E-state index contributed by atoms with van der Waals surface area (Å²) < 4.78 is 1.84. The molecule has 0 saturated heterocycles. The molecule has 0 spiro atoms. The molecule has 11 heteroatoms. The maximum atomic E-state index is 11.8. The quantitative estimate of drug-likeness (QED) is 0.583. The predicted octanol–water partition coefficient (Wildman–Crippen LogP) is 0.00840. The lowest BCUT2D eigenvalue weighted by molar-refractivity contribution is -0.387. The largest absolute Gasteiger partial charge is 0.350 e. The summed E-state index contributed by atoms with van der Waals surface area (Å²) in [6.45, 7) is -0.211. The van der Waals surface area contributed by atoms with E-state index >= 15 is 0 Å². The van der Waals surface area contributed by atoms with Crippen LogP contribution in [0, 0.1) is 10.1 Å². The van der Waals surface area contributed by atoms with E-state index in [1.165, 1.54) is 7.05 Å². The zero-order valence-corrected chi connectivity index (χ0v) is 11.0. The van der Waals surface area contributed by atoms with Crippen LogP contribution in [0.25, 0.3) is 0 Å². The topological polar surface area (TPSA) is 113 Å². The number of nitrogens with zero attached hydrogens (tertiary/aromatic N) is 5. The number of aromatic nitrogens is 4. The van der Waals surface area contributed by atoms with E-state index in [-0.39, 0.29) is 11.0 Å². The van der Waals surface area contributed by atoms with Gasteiger partial charge in [-0.25, -0.2) is 9.36 Å². The summed E-state index contributed by atoms with van der Waals surface area (Å²) in [5.41, 5.74) is -2.35. The average molecular weight is 304 g/mol. The van der Waals surface area contributed by atoms with Crippen molar-refractivity contribution < 1.29 is 4.92 Å². The third kappa shape index (κ3) is 2.53. The molecule has 0 unspecified atom stereocenters. The molecule has 0 N–H and O–H groups in total. The van der Waals surface area contributed by atoms with E-state index in [2.05, 4.69) is 10.2 Å². The number of hydrogen-bond acceptors (Lipinski definition) is 7. The molecule has 0 aliphatic carbocycles. The van der Waals surface area contributed by atoms with Crippen LogP contribution in [0.5, 0.6) is 0 Å². The number of rotatable bonds is 3. The Morgan fingerprint density at radius 3 is 2.68 bits per heavy atom. The lowest BCUT2D eigenvalue weighted by Crippen LogP contribution is -2.39. The Labute approximate surface area is 113 Å². The molecule has 0 aliphatic rings. The summed E-state index contributed by atoms with van der Waals surface area (Å²) in [6, 6.07) is 0. The van der Waals surface area contributed by atoms with Gasteiger partial charge in [-0.2, -0.15) is 0 Å². The van der Waals surface area contributed by atoms with Crippen LogP contribution in [0.15, 0.2) is 15.8 Å². The third-order valence-corrected chi connectivity index (χ3v) is 3.25. The zero-order valence-electron chi connectivity index (χ0n) is 9.44. The molecule has 0 aliphatic heterocycles. The zero-order chi connectivity index (χ0) is 14.2. The minimum absolute atomic E-state index is 0.158. The molecular formula is C8H6ClN5O4S. The van der Waals surface area contributed by atoms with Crippen molar-refractivity contribution in [3.63, 3.8) is 0 Å². The fraction of sp³-hybridized carbons (Fsp3) is 0.250. The first kappa shape index (κ1) is 13.4. The van der Waals surface area contributed by atoms with Gasteiger partial charge in [0.25, 0.3) is 0 Å². The smallest absolute Gasteiger partial charge is 0.297 e. The van der Waals surface area contributed by atoms with Crippen LogP contribution >= 0.6 is 22.9 Å². The molecule has 0 bridgehead atoms. The van der Waals surface area contributed by atoms with Gasteiger partial charge >= 0.3 is 16.9 Å². The lowest BCUT2D eigenvalue weighted by atomic mass is 10.5. The van der Waals surface area contributed by atoms with E-state index in [1.54, 1.807) is 0 Å². The molecule has 2 heterocycles. The maximum Gasteiger partial charge on any atom is 0.350 e. The Hall–Kier alpha value is -2.07. The fourth-order valence-corrected chi connectivity index (χ4v) is 2.26. The summed E-state index contributed by atoms with van der Waals surface area (Å²) >= 11 is 6.57. The SMILES string of the molecule is Cn1cc([N+](=O)[O-])c(=O)n(Cc2nnc(Cl)s2)c1=O. The van der Waals surface area contributed by atoms with E-state index < -0.39 is 21.9 Å². The highest BCUT2D eigenvalue weighted by molar-refractivity contribution is 7.15. The second-order valence-electron chi connectivity index (χ2n) is 3.50. The highest BCUT2D eigenvalue weighted by atomic mass is 35.5. The molecule has 9 nitrogen and oxygen atoms in total. The molecule has 2 aromatic heterocycles. The van der Waals surface area contributed by atoms with Gasteiger partial charge in [-0.1, -0.05) is 11.3 Å². The summed E-state index contributed by atoms with van der Waals surface area (Å²) in [6.07, 6.45) is 0.883.